The molecule has 1 amide bonds. The van der Waals surface area contributed by atoms with Crippen LogP contribution in [-0.2, 0) is 20.7 Å². The van der Waals surface area contributed by atoms with Crippen molar-refractivity contribution >= 4 is 28.2 Å². The standard InChI is InChI=1S/C16H24N2O4S/c1-5-12-6-13(16(20)21-4)15(23-12)17-14(19)9-18-7-10(2)22-11(3)8-18/h6,10-11H,5,7-9H2,1-4H3,(H,17,19). The Kier molecular flexibility index (Phi) is 6.15. The molecular weight excluding hydrogens is 316 g/mol. The molecule has 1 aromatic heterocycles. The summed E-state index contributed by atoms with van der Waals surface area (Å²) >= 11 is 1.42. The fourth-order valence-corrected chi connectivity index (χ4v) is 3.75. The highest BCUT2D eigenvalue weighted by Crippen LogP contribution is 2.29. The van der Waals surface area contributed by atoms with Crippen molar-refractivity contribution in [2.75, 3.05) is 32.1 Å². The van der Waals surface area contributed by atoms with Gasteiger partial charge >= 0.3 is 5.97 Å². The van der Waals surface area contributed by atoms with E-state index >= 15 is 0 Å². The number of thiophene rings is 1. The number of morpholine rings is 1. The summed E-state index contributed by atoms with van der Waals surface area (Å²) in [4.78, 5) is 27.2. The number of esters is 1. The largest absolute Gasteiger partial charge is 0.465 e. The number of methoxy groups -OCH3 is 1. The van der Waals surface area contributed by atoms with E-state index in [1.807, 2.05) is 20.8 Å². The molecule has 1 aromatic rings. The van der Waals surface area contributed by atoms with Crippen molar-refractivity contribution < 1.29 is 19.1 Å². The lowest BCUT2D eigenvalue weighted by molar-refractivity contribution is -0.121. The van der Waals surface area contributed by atoms with Crippen molar-refractivity contribution in [3.63, 3.8) is 0 Å². The second-order valence-corrected chi connectivity index (χ2v) is 6.94. The lowest BCUT2D eigenvalue weighted by Gasteiger charge is -2.34. The van der Waals surface area contributed by atoms with Crippen LogP contribution in [0.5, 0.6) is 0 Å². The number of carbonyl (C=O) groups is 2. The van der Waals surface area contributed by atoms with Gasteiger partial charge in [-0.05, 0) is 26.3 Å². The summed E-state index contributed by atoms with van der Waals surface area (Å²) in [7, 11) is 1.34. The van der Waals surface area contributed by atoms with E-state index in [9.17, 15) is 9.59 Å². The van der Waals surface area contributed by atoms with Gasteiger partial charge in [0.05, 0.1) is 31.4 Å². The van der Waals surface area contributed by atoms with Crippen LogP contribution >= 0.6 is 11.3 Å². The molecule has 0 saturated carbocycles. The van der Waals surface area contributed by atoms with Gasteiger partial charge in [0.2, 0.25) is 5.91 Å². The Morgan fingerprint density at radius 3 is 2.61 bits per heavy atom. The van der Waals surface area contributed by atoms with Gasteiger partial charge in [-0.3, -0.25) is 9.69 Å². The Morgan fingerprint density at radius 1 is 1.39 bits per heavy atom. The van der Waals surface area contributed by atoms with Crippen molar-refractivity contribution in [1.82, 2.24) is 4.90 Å². The zero-order chi connectivity index (χ0) is 17.0. The smallest absolute Gasteiger partial charge is 0.340 e. The first-order valence-corrected chi connectivity index (χ1v) is 8.63. The van der Waals surface area contributed by atoms with Gasteiger partial charge in [0.1, 0.15) is 5.00 Å². The van der Waals surface area contributed by atoms with E-state index in [1.54, 1.807) is 6.07 Å². The van der Waals surface area contributed by atoms with Crippen LogP contribution in [0.2, 0.25) is 0 Å². The number of nitrogens with one attached hydrogen (secondary N) is 1. The van der Waals surface area contributed by atoms with Gasteiger partial charge < -0.3 is 14.8 Å². The lowest BCUT2D eigenvalue weighted by Crippen LogP contribution is -2.48. The number of aryl methyl sites for hydroxylation is 1. The summed E-state index contributed by atoms with van der Waals surface area (Å²) in [5.74, 6) is -0.550. The van der Waals surface area contributed by atoms with Crippen LogP contribution in [0.4, 0.5) is 5.00 Å². The normalized spacial score (nSPS) is 21.9. The number of hydrogen-bond acceptors (Lipinski definition) is 6. The van der Waals surface area contributed by atoms with Gasteiger partial charge in [-0.2, -0.15) is 0 Å². The first-order valence-electron chi connectivity index (χ1n) is 7.81. The fraction of sp³-hybridized carbons (Fsp3) is 0.625. The van der Waals surface area contributed by atoms with Crippen LogP contribution in [0.15, 0.2) is 6.07 Å². The predicted molar refractivity (Wildman–Crippen MR) is 90.1 cm³/mol. The zero-order valence-corrected chi connectivity index (χ0v) is 14.9. The number of rotatable bonds is 5. The number of nitrogens with zero attached hydrogens (tertiary/aromatic N) is 1. The number of carbonyl (C=O) groups excluding carboxylic acids is 2. The minimum atomic E-state index is -0.426. The van der Waals surface area contributed by atoms with E-state index in [0.29, 0.717) is 10.6 Å². The molecule has 23 heavy (non-hydrogen) atoms. The third kappa shape index (κ3) is 4.76. The molecule has 2 atom stereocenters. The average Bonchev–Trinajstić information content (AvgIpc) is 2.88. The van der Waals surface area contributed by atoms with Crippen LogP contribution in [0.1, 0.15) is 36.0 Å². The summed E-state index contributed by atoms with van der Waals surface area (Å²) in [6.07, 6.45) is 1.04. The Hall–Kier alpha value is -1.44. The summed E-state index contributed by atoms with van der Waals surface area (Å²) in [5, 5.41) is 3.42. The summed E-state index contributed by atoms with van der Waals surface area (Å²) in [6, 6.07) is 1.78. The number of amides is 1. The molecule has 1 fully saturated rings. The van der Waals surface area contributed by atoms with E-state index in [1.165, 1.54) is 18.4 Å². The van der Waals surface area contributed by atoms with E-state index in [-0.39, 0.29) is 24.7 Å². The minimum Gasteiger partial charge on any atom is -0.465 e. The first kappa shape index (κ1) is 17.9. The molecule has 0 aromatic carbocycles. The second kappa shape index (κ2) is 7.90. The highest BCUT2D eigenvalue weighted by molar-refractivity contribution is 7.16. The molecule has 0 aliphatic carbocycles. The second-order valence-electron chi connectivity index (χ2n) is 5.80. The predicted octanol–water partition coefficient (Wildman–Crippen LogP) is 2.14. The molecule has 128 valence electrons. The number of hydrogen-bond donors (Lipinski definition) is 1. The molecule has 2 heterocycles. The molecule has 1 saturated heterocycles. The molecule has 0 radical (unpaired) electrons. The SMILES string of the molecule is CCc1cc(C(=O)OC)c(NC(=O)CN2CC(C)OC(C)C2)s1. The maximum Gasteiger partial charge on any atom is 0.340 e. The van der Waals surface area contributed by atoms with Gasteiger partial charge in [0.25, 0.3) is 0 Å². The molecule has 7 heteroatoms. The van der Waals surface area contributed by atoms with Gasteiger partial charge in [0.15, 0.2) is 0 Å². The highest BCUT2D eigenvalue weighted by atomic mass is 32.1. The summed E-state index contributed by atoms with van der Waals surface area (Å²) in [5.41, 5.74) is 0.423. The van der Waals surface area contributed by atoms with Crippen molar-refractivity contribution in [2.24, 2.45) is 0 Å². The number of ether oxygens (including phenoxy) is 2. The van der Waals surface area contributed by atoms with Crippen LogP contribution in [0.3, 0.4) is 0 Å². The van der Waals surface area contributed by atoms with Gasteiger partial charge in [-0.25, -0.2) is 4.79 Å². The van der Waals surface area contributed by atoms with Crippen molar-refractivity contribution in [3.8, 4) is 0 Å². The van der Waals surface area contributed by atoms with E-state index in [0.717, 1.165) is 24.4 Å². The van der Waals surface area contributed by atoms with Gasteiger partial charge in [0, 0.05) is 18.0 Å². The number of anilines is 1. The first-order chi connectivity index (χ1) is 10.9. The Labute approximate surface area is 140 Å². The summed E-state index contributed by atoms with van der Waals surface area (Å²) in [6.45, 7) is 7.76. The van der Waals surface area contributed by atoms with Crippen molar-refractivity contribution in [2.45, 2.75) is 39.4 Å². The van der Waals surface area contributed by atoms with Crippen molar-refractivity contribution in [3.05, 3.63) is 16.5 Å². The molecule has 2 unspecified atom stereocenters. The molecule has 1 aliphatic rings. The molecule has 1 aliphatic heterocycles. The molecule has 0 bridgehead atoms. The van der Waals surface area contributed by atoms with E-state index in [4.69, 9.17) is 9.47 Å². The van der Waals surface area contributed by atoms with Crippen LogP contribution in [0.25, 0.3) is 0 Å². The Bertz CT molecular complexity index is 562. The minimum absolute atomic E-state index is 0.116. The maximum atomic E-state index is 12.3. The molecule has 2 rings (SSSR count). The van der Waals surface area contributed by atoms with Crippen LogP contribution in [0, 0.1) is 0 Å². The van der Waals surface area contributed by atoms with Gasteiger partial charge in [-0.1, -0.05) is 6.92 Å². The van der Waals surface area contributed by atoms with Gasteiger partial charge in [-0.15, -0.1) is 11.3 Å². The fourth-order valence-electron chi connectivity index (χ4n) is 2.75. The summed E-state index contributed by atoms with van der Waals surface area (Å²) < 4.78 is 10.5. The van der Waals surface area contributed by atoms with Crippen LogP contribution < -0.4 is 5.32 Å². The topological polar surface area (TPSA) is 67.9 Å². The monoisotopic (exact) mass is 340 g/mol. The molecule has 0 spiro atoms. The maximum absolute atomic E-state index is 12.3. The quantitative estimate of drug-likeness (QED) is 0.832. The average molecular weight is 340 g/mol. The lowest BCUT2D eigenvalue weighted by atomic mass is 10.2. The van der Waals surface area contributed by atoms with Crippen LogP contribution in [-0.4, -0.2) is 55.7 Å². The third-order valence-electron chi connectivity index (χ3n) is 3.65. The zero-order valence-electron chi connectivity index (χ0n) is 14.0. The third-order valence-corrected chi connectivity index (χ3v) is 4.85. The molecule has 1 N–H and O–H groups in total. The molecule has 6 nitrogen and oxygen atoms in total. The highest BCUT2D eigenvalue weighted by Gasteiger charge is 2.25. The van der Waals surface area contributed by atoms with E-state index in [2.05, 4.69) is 10.2 Å². The molecular formula is C16H24N2O4S. The Balaban J connectivity index is 2.02. The Morgan fingerprint density at radius 2 is 2.04 bits per heavy atom. The van der Waals surface area contributed by atoms with E-state index < -0.39 is 5.97 Å². The van der Waals surface area contributed by atoms with Crippen molar-refractivity contribution in [1.29, 1.82) is 0 Å².